The number of ether oxygens (including phenoxy) is 1. The molecule has 0 atom stereocenters. The highest BCUT2D eigenvalue weighted by atomic mass is 16.6. The molecule has 24 heavy (non-hydrogen) atoms. The van der Waals surface area contributed by atoms with Crippen LogP contribution in [0.15, 0.2) is 24.3 Å². The van der Waals surface area contributed by atoms with Crippen LogP contribution >= 0.6 is 0 Å². The van der Waals surface area contributed by atoms with Crippen molar-refractivity contribution in [2.75, 3.05) is 13.7 Å². The van der Waals surface area contributed by atoms with Gasteiger partial charge in [0.25, 0.3) is 5.69 Å². The van der Waals surface area contributed by atoms with Crippen LogP contribution in [0.4, 0.5) is 5.69 Å². The fourth-order valence-electron chi connectivity index (χ4n) is 3.14. The van der Waals surface area contributed by atoms with E-state index in [2.05, 4.69) is 4.74 Å². The highest BCUT2D eigenvalue weighted by Crippen LogP contribution is 2.26. The van der Waals surface area contributed by atoms with E-state index in [1.165, 1.54) is 13.2 Å². The van der Waals surface area contributed by atoms with E-state index >= 15 is 0 Å². The first kappa shape index (κ1) is 17.9. The number of hydrogen-bond acceptors (Lipinski definition) is 5. The molecular weight excluding hydrogens is 312 g/mol. The second kappa shape index (κ2) is 8.42. The maximum absolute atomic E-state index is 12.7. The minimum atomic E-state index is -0.475. The molecule has 130 valence electrons. The standard InChI is InChI=1S/C17H22N2O5/c1-24-17(21)10-11-18(14-7-3-4-8-14)16(20)12-13-6-2-5-9-15(13)19(22)23/h2,5-6,9,14H,3-4,7-8,10-12H2,1H3. The summed E-state index contributed by atoms with van der Waals surface area (Å²) in [6.45, 7) is 0.288. The Morgan fingerprint density at radius 3 is 2.58 bits per heavy atom. The summed E-state index contributed by atoms with van der Waals surface area (Å²) in [5, 5.41) is 11.1. The normalized spacial score (nSPS) is 14.4. The van der Waals surface area contributed by atoms with Crippen molar-refractivity contribution in [1.82, 2.24) is 4.90 Å². The van der Waals surface area contributed by atoms with Gasteiger partial charge >= 0.3 is 5.97 Å². The molecule has 1 amide bonds. The van der Waals surface area contributed by atoms with E-state index in [0.717, 1.165) is 25.7 Å². The number of nitrogens with zero attached hydrogens (tertiary/aromatic N) is 2. The lowest BCUT2D eigenvalue weighted by Gasteiger charge is -2.28. The average molecular weight is 334 g/mol. The summed E-state index contributed by atoms with van der Waals surface area (Å²) in [5.74, 6) is -0.545. The van der Waals surface area contributed by atoms with Gasteiger partial charge in [-0.1, -0.05) is 31.0 Å². The quantitative estimate of drug-likeness (QED) is 0.434. The predicted octanol–water partition coefficient (Wildman–Crippen LogP) is 2.47. The molecule has 1 saturated carbocycles. The molecule has 0 heterocycles. The summed E-state index contributed by atoms with van der Waals surface area (Å²) in [6, 6.07) is 6.37. The maximum Gasteiger partial charge on any atom is 0.307 e. The monoisotopic (exact) mass is 334 g/mol. The van der Waals surface area contributed by atoms with Crippen molar-refractivity contribution in [3.63, 3.8) is 0 Å². The van der Waals surface area contributed by atoms with E-state index in [4.69, 9.17) is 0 Å². The molecule has 0 aromatic heterocycles. The molecule has 1 fully saturated rings. The maximum atomic E-state index is 12.7. The first-order valence-corrected chi connectivity index (χ1v) is 8.11. The van der Waals surface area contributed by atoms with Crippen LogP contribution in [-0.2, 0) is 20.7 Å². The average Bonchev–Trinajstić information content (AvgIpc) is 3.09. The van der Waals surface area contributed by atoms with Crippen LogP contribution < -0.4 is 0 Å². The van der Waals surface area contributed by atoms with Gasteiger partial charge in [-0.3, -0.25) is 19.7 Å². The Kier molecular flexibility index (Phi) is 6.28. The lowest BCUT2D eigenvalue weighted by Crippen LogP contribution is -2.41. The van der Waals surface area contributed by atoms with Gasteiger partial charge in [0.15, 0.2) is 0 Å². The molecule has 0 bridgehead atoms. The lowest BCUT2D eigenvalue weighted by atomic mass is 10.1. The molecule has 1 aliphatic rings. The molecule has 7 nitrogen and oxygen atoms in total. The molecule has 1 aromatic carbocycles. The van der Waals surface area contributed by atoms with E-state index in [1.54, 1.807) is 23.1 Å². The van der Waals surface area contributed by atoms with Crippen molar-refractivity contribution in [3.8, 4) is 0 Å². The van der Waals surface area contributed by atoms with E-state index in [-0.39, 0.29) is 43.0 Å². The molecule has 0 N–H and O–H groups in total. The molecule has 2 rings (SSSR count). The van der Waals surface area contributed by atoms with Gasteiger partial charge in [-0.05, 0) is 12.8 Å². The molecule has 0 unspecified atom stereocenters. The van der Waals surface area contributed by atoms with Gasteiger partial charge in [-0.2, -0.15) is 0 Å². The van der Waals surface area contributed by atoms with Crippen molar-refractivity contribution in [2.24, 2.45) is 0 Å². The zero-order chi connectivity index (χ0) is 17.5. The second-order valence-electron chi connectivity index (χ2n) is 5.91. The van der Waals surface area contributed by atoms with E-state index in [0.29, 0.717) is 5.56 Å². The Bertz CT molecular complexity index is 611. The number of para-hydroxylation sites is 1. The second-order valence-corrected chi connectivity index (χ2v) is 5.91. The van der Waals surface area contributed by atoms with Crippen molar-refractivity contribution in [2.45, 2.75) is 44.6 Å². The summed E-state index contributed by atoms with van der Waals surface area (Å²) < 4.78 is 4.65. The van der Waals surface area contributed by atoms with Crippen LogP contribution in [0.3, 0.4) is 0 Å². The highest BCUT2D eigenvalue weighted by molar-refractivity contribution is 5.81. The number of benzene rings is 1. The Hall–Kier alpha value is -2.44. The Labute approximate surface area is 140 Å². The SMILES string of the molecule is COC(=O)CCN(C(=O)Cc1ccccc1[N+](=O)[O-])C1CCCC1. The van der Waals surface area contributed by atoms with Crippen LogP contribution in [0.5, 0.6) is 0 Å². The molecular formula is C17H22N2O5. The Morgan fingerprint density at radius 1 is 1.29 bits per heavy atom. The molecule has 0 radical (unpaired) electrons. The number of amides is 1. The van der Waals surface area contributed by atoms with Crippen LogP contribution in [0.2, 0.25) is 0 Å². The number of rotatable bonds is 7. The third-order valence-electron chi connectivity index (χ3n) is 4.40. The fraction of sp³-hybridized carbons (Fsp3) is 0.529. The van der Waals surface area contributed by atoms with Crippen LogP contribution in [0.25, 0.3) is 0 Å². The van der Waals surface area contributed by atoms with Crippen molar-refractivity contribution in [3.05, 3.63) is 39.9 Å². The summed E-state index contributed by atoms with van der Waals surface area (Å²) in [4.78, 5) is 36.5. The number of hydrogen-bond donors (Lipinski definition) is 0. The van der Waals surface area contributed by atoms with Crippen LogP contribution in [0, 0.1) is 10.1 Å². The molecule has 0 aliphatic heterocycles. The summed E-state index contributed by atoms with van der Waals surface area (Å²) in [7, 11) is 1.32. The molecule has 1 aromatic rings. The highest BCUT2D eigenvalue weighted by Gasteiger charge is 2.28. The predicted molar refractivity (Wildman–Crippen MR) is 87.4 cm³/mol. The number of methoxy groups -OCH3 is 1. The van der Waals surface area contributed by atoms with E-state index in [1.807, 2.05) is 0 Å². The van der Waals surface area contributed by atoms with Crippen LogP contribution in [-0.4, -0.2) is 41.4 Å². The minimum Gasteiger partial charge on any atom is -0.469 e. The van der Waals surface area contributed by atoms with E-state index in [9.17, 15) is 19.7 Å². The summed E-state index contributed by atoms with van der Waals surface area (Å²) in [5.41, 5.74) is 0.346. The van der Waals surface area contributed by atoms with Crippen molar-refractivity contribution >= 4 is 17.6 Å². The molecule has 1 aliphatic carbocycles. The molecule has 0 spiro atoms. The topological polar surface area (TPSA) is 89.8 Å². The Balaban J connectivity index is 2.12. The summed E-state index contributed by atoms with van der Waals surface area (Å²) >= 11 is 0. The number of esters is 1. The molecule has 0 saturated heterocycles. The zero-order valence-electron chi connectivity index (χ0n) is 13.8. The minimum absolute atomic E-state index is 0.0329. The van der Waals surface area contributed by atoms with Gasteiger partial charge in [-0.15, -0.1) is 0 Å². The largest absolute Gasteiger partial charge is 0.469 e. The van der Waals surface area contributed by atoms with E-state index < -0.39 is 4.92 Å². The van der Waals surface area contributed by atoms with Crippen LogP contribution in [0.1, 0.15) is 37.7 Å². The van der Waals surface area contributed by atoms with Crippen molar-refractivity contribution in [1.29, 1.82) is 0 Å². The fourth-order valence-corrected chi connectivity index (χ4v) is 3.14. The first-order chi connectivity index (χ1) is 11.5. The third-order valence-corrected chi connectivity index (χ3v) is 4.40. The number of nitro groups is 1. The smallest absolute Gasteiger partial charge is 0.307 e. The molecule has 7 heteroatoms. The number of carbonyl (C=O) groups is 2. The lowest BCUT2D eigenvalue weighted by molar-refractivity contribution is -0.385. The van der Waals surface area contributed by atoms with Gasteiger partial charge in [-0.25, -0.2) is 0 Å². The third kappa shape index (κ3) is 4.53. The Morgan fingerprint density at radius 2 is 1.96 bits per heavy atom. The van der Waals surface area contributed by atoms with Gasteiger partial charge in [0, 0.05) is 24.2 Å². The van der Waals surface area contributed by atoms with Gasteiger partial charge < -0.3 is 9.64 Å². The first-order valence-electron chi connectivity index (χ1n) is 8.11. The number of carbonyl (C=O) groups excluding carboxylic acids is 2. The summed E-state index contributed by atoms with van der Waals surface area (Å²) in [6.07, 6.45) is 4.02. The van der Waals surface area contributed by atoms with Gasteiger partial charge in [0.1, 0.15) is 0 Å². The van der Waals surface area contributed by atoms with Gasteiger partial charge in [0.05, 0.1) is 24.9 Å². The van der Waals surface area contributed by atoms with Crippen molar-refractivity contribution < 1.29 is 19.2 Å². The number of nitro benzene ring substituents is 1. The van der Waals surface area contributed by atoms with Gasteiger partial charge in [0.2, 0.25) is 5.91 Å². The zero-order valence-corrected chi connectivity index (χ0v) is 13.8.